The average Bonchev–Trinajstić information content (AvgIpc) is 2.58. The molecule has 0 fully saturated rings. The van der Waals surface area contributed by atoms with Crippen LogP contribution in [0.3, 0.4) is 0 Å². The van der Waals surface area contributed by atoms with Gasteiger partial charge < -0.3 is 15.0 Å². The van der Waals surface area contributed by atoms with Crippen molar-refractivity contribution in [3.8, 4) is 5.75 Å². The van der Waals surface area contributed by atoms with Gasteiger partial charge in [-0.1, -0.05) is 23.7 Å². The number of hydrogen-bond acceptors (Lipinski definition) is 3. The Bertz CT molecular complexity index is 756. The molecule has 0 saturated carbocycles. The van der Waals surface area contributed by atoms with Crippen LogP contribution in [0.2, 0.25) is 5.02 Å². The zero-order chi connectivity index (χ0) is 18.9. The number of benzene rings is 2. The number of imide groups is 1. The molecule has 0 spiro atoms. The first-order valence-electron chi connectivity index (χ1n) is 7.99. The van der Waals surface area contributed by atoms with Gasteiger partial charge in [0.15, 0.2) is 6.54 Å². The number of likely N-dealkylation sites (N-methyl/N-ethyl adjacent to an activating group) is 1. The van der Waals surface area contributed by atoms with Gasteiger partial charge in [0.2, 0.25) is 0 Å². The molecule has 0 heterocycles. The van der Waals surface area contributed by atoms with Crippen molar-refractivity contribution in [1.82, 2.24) is 5.32 Å². The molecule has 0 aliphatic rings. The van der Waals surface area contributed by atoms with E-state index in [0.29, 0.717) is 23.9 Å². The van der Waals surface area contributed by atoms with Crippen LogP contribution >= 0.6 is 11.6 Å². The maximum Gasteiger partial charge on any atom is 0.326 e. The molecule has 3 amide bonds. The third-order valence-corrected chi connectivity index (χ3v) is 3.70. The number of halogens is 2. The van der Waals surface area contributed by atoms with Gasteiger partial charge in [0.25, 0.3) is 5.91 Å². The Balaban J connectivity index is 1.68. The Morgan fingerprint density at radius 1 is 1.15 bits per heavy atom. The monoisotopic (exact) mass is 380 g/mol. The number of para-hydroxylation sites is 1. The minimum atomic E-state index is -0.773. The standard InChI is InChI=1S/C18H19ClFN3O3/c1-23(10-11-26-14-8-6-13(19)7-9-14)12-17(24)22-18(25)21-16-5-3-2-4-15(16)20/h2-9H,10-12H2,1H3,(H2,21,22,24,25)/p+1. The third kappa shape index (κ3) is 6.70. The highest BCUT2D eigenvalue weighted by Gasteiger charge is 2.14. The first-order chi connectivity index (χ1) is 12.4. The Labute approximate surface area is 155 Å². The van der Waals surface area contributed by atoms with E-state index in [4.69, 9.17) is 16.3 Å². The number of amides is 3. The Kier molecular flexibility index (Phi) is 7.37. The quantitative estimate of drug-likeness (QED) is 0.685. The molecule has 26 heavy (non-hydrogen) atoms. The van der Waals surface area contributed by atoms with Crippen LogP contribution in [-0.2, 0) is 4.79 Å². The van der Waals surface area contributed by atoms with E-state index in [9.17, 15) is 14.0 Å². The molecule has 0 saturated heterocycles. The summed E-state index contributed by atoms with van der Waals surface area (Å²) in [6.07, 6.45) is 0. The lowest BCUT2D eigenvalue weighted by Crippen LogP contribution is -3.10. The number of quaternary nitrogens is 1. The second kappa shape index (κ2) is 9.74. The summed E-state index contributed by atoms with van der Waals surface area (Å²) in [5, 5.41) is 5.09. The van der Waals surface area contributed by atoms with Crippen molar-refractivity contribution in [2.75, 3.05) is 32.1 Å². The number of hydrogen-bond donors (Lipinski definition) is 3. The summed E-state index contributed by atoms with van der Waals surface area (Å²) in [4.78, 5) is 24.5. The second-order valence-corrected chi connectivity index (χ2v) is 6.10. The van der Waals surface area contributed by atoms with E-state index in [1.54, 1.807) is 37.4 Å². The molecule has 138 valence electrons. The topological polar surface area (TPSA) is 71.9 Å². The molecule has 0 radical (unpaired) electrons. The maximum absolute atomic E-state index is 13.4. The molecule has 0 aliphatic heterocycles. The lowest BCUT2D eigenvalue weighted by Gasteiger charge is -2.14. The van der Waals surface area contributed by atoms with Gasteiger partial charge in [-0.25, -0.2) is 9.18 Å². The molecule has 1 atom stereocenters. The second-order valence-electron chi connectivity index (χ2n) is 5.67. The van der Waals surface area contributed by atoms with Crippen LogP contribution in [0, 0.1) is 5.82 Å². The van der Waals surface area contributed by atoms with Crippen molar-refractivity contribution >= 4 is 29.2 Å². The van der Waals surface area contributed by atoms with Crippen LogP contribution in [0.15, 0.2) is 48.5 Å². The zero-order valence-electron chi connectivity index (χ0n) is 14.2. The zero-order valence-corrected chi connectivity index (χ0v) is 15.0. The normalized spacial score (nSPS) is 11.5. The number of anilines is 1. The molecular weight excluding hydrogens is 361 g/mol. The van der Waals surface area contributed by atoms with Crippen molar-refractivity contribution in [2.24, 2.45) is 0 Å². The fraction of sp³-hybridized carbons (Fsp3) is 0.222. The summed E-state index contributed by atoms with van der Waals surface area (Å²) < 4.78 is 19.0. The van der Waals surface area contributed by atoms with E-state index in [2.05, 4.69) is 10.6 Å². The molecule has 6 nitrogen and oxygen atoms in total. The predicted octanol–water partition coefficient (Wildman–Crippen LogP) is 1.72. The lowest BCUT2D eigenvalue weighted by atomic mass is 10.3. The predicted molar refractivity (Wildman–Crippen MR) is 97.1 cm³/mol. The summed E-state index contributed by atoms with van der Waals surface area (Å²) in [5.41, 5.74) is 0.00914. The van der Waals surface area contributed by atoms with Crippen LogP contribution in [0.5, 0.6) is 5.75 Å². The van der Waals surface area contributed by atoms with Gasteiger partial charge in [-0.2, -0.15) is 0 Å². The van der Waals surface area contributed by atoms with Gasteiger partial charge in [-0.15, -0.1) is 0 Å². The van der Waals surface area contributed by atoms with Crippen LogP contribution in [0.25, 0.3) is 0 Å². The molecule has 0 bridgehead atoms. The van der Waals surface area contributed by atoms with Crippen molar-refractivity contribution in [2.45, 2.75) is 0 Å². The van der Waals surface area contributed by atoms with Crippen molar-refractivity contribution in [1.29, 1.82) is 0 Å². The van der Waals surface area contributed by atoms with Gasteiger partial charge in [0.1, 0.15) is 24.7 Å². The first kappa shape index (κ1) is 19.7. The Hall–Kier alpha value is -2.64. The van der Waals surface area contributed by atoms with Crippen LogP contribution in [0.4, 0.5) is 14.9 Å². The molecule has 2 rings (SSSR count). The fourth-order valence-electron chi connectivity index (χ4n) is 2.12. The van der Waals surface area contributed by atoms with Crippen molar-refractivity contribution < 1.29 is 23.6 Å². The maximum atomic E-state index is 13.4. The van der Waals surface area contributed by atoms with E-state index in [1.165, 1.54) is 18.2 Å². The number of carbonyl (C=O) groups is 2. The number of carbonyl (C=O) groups excluding carboxylic acids is 2. The summed E-state index contributed by atoms with van der Waals surface area (Å²) in [6, 6.07) is 11.9. The highest BCUT2D eigenvalue weighted by Crippen LogP contribution is 2.15. The average molecular weight is 381 g/mol. The van der Waals surface area contributed by atoms with E-state index >= 15 is 0 Å². The van der Waals surface area contributed by atoms with Crippen LogP contribution in [0.1, 0.15) is 0 Å². The number of rotatable bonds is 7. The number of nitrogens with one attached hydrogen (secondary N) is 3. The number of urea groups is 1. The van der Waals surface area contributed by atoms with E-state index in [-0.39, 0.29) is 12.2 Å². The highest BCUT2D eigenvalue weighted by molar-refractivity contribution is 6.30. The molecule has 3 N–H and O–H groups in total. The summed E-state index contributed by atoms with van der Waals surface area (Å²) in [5.74, 6) is -0.351. The van der Waals surface area contributed by atoms with E-state index in [1.807, 2.05) is 0 Å². The Morgan fingerprint density at radius 2 is 1.85 bits per heavy atom. The van der Waals surface area contributed by atoms with Crippen LogP contribution in [-0.4, -0.2) is 38.7 Å². The molecule has 0 aromatic heterocycles. The molecule has 2 aromatic carbocycles. The van der Waals surface area contributed by atoms with Crippen molar-refractivity contribution in [3.05, 3.63) is 59.4 Å². The smallest absolute Gasteiger partial charge is 0.326 e. The van der Waals surface area contributed by atoms with Gasteiger partial charge in [0.05, 0.1) is 12.7 Å². The fourth-order valence-corrected chi connectivity index (χ4v) is 2.25. The van der Waals surface area contributed by atoms with Gasteiger partial charge >= 0.3 is 6.03 Å². The molecule has 8 heteroatoms. The largest absolute Gasteiger partial charge is 0.488 e. The summed E-state index contributed by atoms with van der Waals surface area (Å²) >= 11 is 5.80. The molecule has 2 aromatic rings. The van der Waals surface area contributed by atoms with Gasteiger partial charge in [0, 0.05) is 5.02 Å². The van der Waals surface area contributed by atoms with Gasteiger partial charge in [-0.3, -0.25) is 10.1 Å². The lowest BCUT2D eigenvalue weighted by molar-refractivity contribution is -0.871. The summed E-state index contributed by atoms with van der Waals surface area (Å²) in [7, 11) is 1.81. The SMILES string of the molecule is C[NH+](CCOc1ccc(Cl)cc1)CC(=O)NC(=O)Nc1ccccc1F. The molecular formula is C18H20ClFN3O3+. The van der Waals surface area contributed by atoms with Crippen LogP contribution < -0.4 is 20.3 Å². The summed E-state index contributed by atoms with van der Waals surface area (Å²) in [6.45, 7) is 1.04. The highest BCUT2D eigenvalue weighted by atomic mass is 35.5. The van der Waals surface area contributed by atoms with Crippen molar-refractivity contribution in [3.63, 3.8) is 0 Å². The van der Waals surface area contributed by atoms with E-state index < -0.39 is 17.8 Å². The van der Waals surface area contributed by atoms with E-state index in [0.717, 1.165) is 4.90 Å². The minimum absolute atomic E-state index is 0.00914. The third-order valence-electron chi connectivity index (χ3n) is 3.45. The van der Waals surface area contributed by atoms with Gasteiger partial charge in [-0.05, 0) is 36.4 Å². The molecule has 0 aliphatic carbocycles. The number of ether oxygens (including phenoxy) is 1. The minimum Gasteiger partial charge on any atom is -0.488 e. The first-order valence-corrected chi connectivity index (χ1v) is 8.37. The molecule has 1 unspecified atom stereocenters. The Morgan fingerprint density at radius 3 is 2.54 bits per heavy atom.